The van der Waals surface area contributed by atoms with Crippen molar-refractivity contribution < 1.29 is 9.50 Å². The molecular formula is C11H15BrFNO. The average molecular weight is 276 g/mol. The quantitative estimate of drug-likeness (QED) is 0.810. The lowest BCUT2D eigenvalue weighted by molar-refractivity contribution is 0.284. The van der Waals surface area contributed by atoms with Gasteiger partial charge in [0, 0.05) is 17.1 Å². The maximum Gasteiger partial charge on any atom is 0.124 e. The maximum absolute atomic E-state index is 12.8. The van der Waals surface area contributed by atoms with Gasteiger partial charge in [0.15, 0.2) is 0 Å². The van der Waals surface area contributed by atoms with Gasteiger partial charge in [0.05, 0.1) is 0 Å². The van der Waals surface area contributed by atoms with Crippen LogP contribution >= 0.6 is 15.9 Å². The molecule has 4 heteroatoms. The van der Waals surface area contributed by atoms with Crippen LogP contribution < -0.4 is 5.32 Å². The summed E-state index contributed by atoms with van der Waals surface area (Å²) in [5, 5.41) is 11.9. The fourth-order valence-electron chi connectivity index (χ4n) is 1.36. The molecule has 0 saturated heterocycles. The lowest BCUT2D eigenvalue weighted by Gasteiger charge is -2.15. The van der Waals surface area contributed by atoms with E-state index in [1.807, 2.05) is 6.92 Å². The molecule has 1 rings (SSSR count). The lowest BCUT2D eigenvalue weighted by Crippen LogP contribution is -2.20. The second kappa shape index (κ2) is 6.20. The summed E-state index contributed by atoms with van der Waals surface area (Å²) in [6.45, 7) is 2.95. The molecule has 0 fully saturated rings. The van der Waals surface area contributed by atoms with E-state index < -0.39 is 0 Å². The summed E-state index contributed by atoms with van der Waals surface area (Å²) >= 11 is 3.33. The predicted molar refractivity (Wildman–Crippen MR) is 62.2 cm³/mol. The first kappa shape index (κ1) is 12.6. The molecule has 1 aromatic rings. The topological polar surface area (TPSA) is 32.3 Å². The highest BCUT2D eigenvalue weighted by molar-refractivity contribution is 9.10. The van der Waals surface area contributed by atoms with Gasteiger partial charge in [-0.05, 0) is 37.6 Å². The van der Waals surface area contributed by atoms with E-state index in [1.54, 1.807) is 6.07 Å². The van der Waals surface area contributed by atoms with Gasteiger partial charge in [-0.25, -0.2) is 4.39 Å². The van der Waals surface area contributed by atoms with Gasteiger partial charge in [-0.1, -0.05) is 22.0 Å². The summed E-state index contributed by atoms with van der Waals surface area (Å²) in [4.78, 5) is 0. The number of halogens is 2. The number of nitrogens with one attached hydrogen (secondary N) is 1. The second-order valence-corrected chi connectivity index (χ2v) is 4.27. The van der Waals surface area contributed by atoms with Gasteiger partial charge in [0.25, 0.3) is 0 Å². The highest BCUT2D eigenvalue weighted by atomic mass is 79.9. The van der Waals surface area contributed by atoms with Crippen LogP contribution in [0, 0.1) is 5.82 Å². The molecule has 0 aliphatic heterocycles. The summed E-state index contributed by atoms with van der Waals surface area (Å²) in [6, 6.07) is 4.81. The van der Waals surface area contributed by atoms with Crippen molar-refractivity contribution in [1.29, 1.82) is 0 Å². The van der Waals surface area contributed by atoms with Crippen molar-refractivity contribution in [2.75, 3.05) is 13.2 Å². The fraction of sp³-hybridized carbons (Fsp3) is 0.455. The van der Waals surface area contributed by atoms with Gasteiger partial charge < -0.3 is 10.4 Å². The Morgan fingerprint density at radius 1 is 1.53 bits per heavy atom. The predicted octanol–water partition coefficient (Wildman–Crippen LogP) is 2.62. The molecule has 0 aliphatic rings. The Kier molecular flexibility index (Phi) is 5.22. The summed E-state index contributed by atoms with van der Waals surface area (Å²) in [6.07, 6.45) is 0.725. The first-order valence-corrected chi connectivity index (χ1v) is 5.73. The highest BCUT2D eigenvalue weighted by Crippen LogP contribution is 2.23. The number of rotatable bonds is 5. The number of benzene rings is 1. The molecule has 0 radical (unpaired) electrons. The highest BCUT2D eigenvalue weighted by Gasteiger charge is 2.08. The third-order valence-electron chi connectivity index (χ3n) is 2.21. The van der Waals surface area contributed by atoms with E-state index in [1.165, 1.54) is 12.1 Å². The largest absolute Gasteiger partial charge is 0.396 e. The number of aliphatic hydroxyl groups is 1. The maximum atomic E-state index is 12.8. The van der Waals surface area contributed by atoms with Crippen LogP contribution in [0.25, 0.3) is 0 Å². The van der Waals surface area contributed by atoms with E-state index in [4.69, 9.17) is 5.11 Å². The zero-order valence-corrected chi connectivity index (χ0v) is 10.2. The van der Waals surface area contributed by atoms with Crippen LogP contribution in [0.5, 0.6) is 0 Å². The molecule has 0 saturated carbocycles. The first-order valence-electron chi connectivity index (χ1n) is 4.94. The Bertz CT molecular complexity index is 319. The third kappa shape index (κ3) is 3.89. The van der Waals surface area contributed by atoms with Crippen LogP contribution in [0.3, 0.4) is 0 Å². The summed E-state index contributed by atoms with van der Waals surface area (Å²) in [5.74, 6) is -0.242. The SMILES string of the molecule is CC(NCCCO)c1ccc(F)cc1Br. The van der Waals surface area contributed by atoms with Crippen LogP contribution in [-0.2, 0) is 0 Å². The van der Waals surface area contributed by atoms with Crippen molar-refractivity contribution in [2.24, 2.45) is 0 Å². The van der Waals surface area contributed by atoms with Crippen molar-refractivity contribution in [3.8, 4) is 0 Å². The normalized spacial score (nSPS) is 12.8. The number of hydrogen-bond acceptors (Lipinski definition) is 2. The molecule has 1 aromatic carbocycles. The van der Waals surface area contributed by atoms with Crippen molar-refractivity contribution in [1.82, 2.24) is 5.32 Å². The van der Waals surface area contributed by atoms with Gasteiger partial charge in [-0.15, -0.1) is 0 Å². The molecule has 0 aliphatic carbocycles. The Morgan fingerprint density at radius 3 is 2.87 bits per heavy atom. The summed E-state index contributed by atoms with van der Waals surface area (Å²) < 4.78 is 13.6. The Balaban J connectivity index is 2.61. The summed E-state index contributed by atoms with van der Waals surface area (Å²) in [7, 11) is 0. The molecule has 2 N–H and O–H groups in total. The minimum absolute atomic E-state index is 0.145. The zero-order chi connectivity index (χ0) is 11.3. The van der Waals surface area contributed by atoms with E-state index in [0.29, 0.717) is 0 Å². The number of aliphatic hydroxyl groups excluding tert-OH is 1. The Hall–Kier alpha value is -0.450. The molecule has 1 atom stereocenters. The first-order chi connectivity index (χ1) is 7.15. The van der Waals surface area contributed by atoms with Crippen LogP contribution in [0.4, 0.5) is 4.39 Å². The molecule has 0 amide bonds. The lowest BCUT2D eigenvalue weighted by atomic mass is 10.1. The Labute approximate surface area is 97.6 Å². The van der Waals surface area contributed by atoms with Gasteiger partial charge in [-0.2, -0.15) is 0 Å². The van der Waals surface area contributed by atoms with E-state index in [9.17, 15) is 4.39 Å². The summed E-state index contributed by atoms with van der Waals surface area (Å²) in [5.41, 5.74) is 1.02. The monoisotopic (exact) mass is 275 g/mol. The van der Waals surface area contributed by atoms with Crippen molar-refractivity contribution >= 4 is 15.9 Å². The van der Waals surface area contributed by atoms with Gasteiger partial charge in [0.2, 0.25) is 0 Å². The van der Waals surface area contributed by atoms with Crippen LogP contribution in [0.2, 0.25) is 0 Å². The van der Waals surface area contributed by atoms with E-state index in [0.717, 1.165) is 23.0 Å². The van der Waals surface area contributed by atoms with E-state index in [-0.39, 0.29) is 18.5 Å². The van der Waals surface area contributed by atoms with Crippen LogP contribution in [0.1, 0.15) is 24.9 Å². The minimum atomic E-state index is -0.242. The van der Waals surface area contributed by atoms with Gasteiger partial charge in [0.1, 0.15) is 5.82 Å². The van der Waals surface area contributed by atoms with Gasteiger partial charge >= 0.3 is 0 Å². The molecule has 1 unspecified atom stereocenters. The van der Waals surface area contributed by atoms with E-state index >= 15 is 0 Å². The molecule has 0 heterocycles. The van der Waals surface area contributed by atoms with Crippen LogP contribution in [-0.4, -0.2) is 18.3 Å². The van der Waals surface area contributed by atoms with Crippen LogP contribution in [0.15, 0.2) is 22.7 Å². The smallest absolute Gasteiger partial charge is 0.124 e. The second-order valence-electron chi connectivity index (χ2n) is 3.42. The molecule has 2 nitrogen and oxygen atoms in total. The third-order valence-corrected chi connectivity index (χ3v) is 2.90. The average Bonchev–Trinajstić information content (AvgIpc) is 2.17. The van der Waals surface area contributed by atoms with Crippen molar-refractivity contribution in [2.45, 2.75) is 19.4 Å². The van der Waals surface area contributed by atoms with Crippen molar-refractivity contribution in [3.05, 3.63) is 34.1 Å². The molecular weight excluding hydrogens is 261 g/mol. The molecule has 0 aromatic heterocycles. The Morgan fingerprint density at radius 2 is 2.27 bits per heavy atom. The zero-order valence-electron chi connectivity index (χ0n) is 8.63. The minimum Gasteiger partial charge on any atom is -0.396 e. The molecule has 0 bridgehead atoms. The fourth-order valence-corrected chi connectivity index (χ4v) is 2.05. The van der Waals surface area contributed by atoms with Crippen molar-refractivity contribution in [3.63, 3.8) is 0 Å². The molecule has 0 spiro atoms. The number of hydrogen-bond donors (Lipinski definition) is 2. The molecule has 84 valence electrons. The van der Waals surface area contributed by atoms with E-state index in [2.05, 4.69) is 21.2 Å². The standard InChI is InChI=1S/C11H15BrFNO/c1-8(14-5-2-6-15)10-4-3-9(13)7-11(10)12/h3-4,7-8,14-15H,2,5-6H2,1H3. The molecule has 15 heavy (non-hydrogen) atoms. The van der Waals surface area contributed by atoms with Gasteiger partial charge in [-0.3, -0.25) is 0 Å².